The van der Waals surface area contributed by atoms with Crippen molar-refractivity contribution in [2.75, 3.05) is 20.2 Å². The summed E-state index contributed by atoms with van der Waals surface area (Å²) in [5, 5.41) is 9.06. The molecule has 0 saturated heterocycles. The lowest BCUT2D eigenvalue weighted by Crippen LogP contribution is -2.31. The average Bonchev–Trinajstić information content (AvgIpc) is 2.36. The minimum Gasteiger partial charge on any atom is -0.481 e. The summed E-state index contributed by atoms with van der Waals surface area (Å²) in [6.45, 7) is 2.49. The van der Waals surface area contributed by atoms with Crippen LogP contribution < -0.4 is 4.74 Å². The Balaban J connectivity index is 2.77. The summed E-state index contributed by atoms with van der Waals surface area (Å²) in [6.07, 6.45) is 0. The molecule has 0 fully saturated rings. The minimum atomic E-state index is -0.0810. The molecule has 1 aromatic carbocycles. The third-order valence-electron chi connectivity index (χ3n) is 2.48. The largest absolute Gasteiger partial charge is 0.481 e. The number of hydrogen-bond donors (Lipinski definition) is 1. The number of aliphatic hydroxyl groups excluding tert-OH is 1. The van der Waals surface area contributed by atoms with Crippen molar-refractivity contribution >= 4 is 37.8 Å². The third-order valence-corrected chi connectivity index (χ3v) is 3.66. The van der Waals surface area contributed by atoms with Crippen molar-refractivity contribution in [1.29, 1.82) is 0 Å². The molecule has 0 aromatic heterocycles. The van der Waals surface area contributed by atoms with Crippen LogP contribution in [0, 0.1) is 0 Å². The molecule has 0 bridgehead atoms. The monoisotopic (exact) mass is 379 g/mol. The molecule has 0 heterocycles. The predicted octanol–water partition coefficient (Wildman–Crippen LogP) is 2.56. The summed E-state index contributed by atoms with van der Waals surface area (Å²) in [5.74, 6) is 0.479. The van der Waals surface area contributed by atoms with E-state index in [0.717, 1.165) is 5.56 Å². The molecule has 1 amide bonds. The van der Waals surface area contributed by atoms with Crippen LogP contribution in [-0.4, -0.2) is 36.1 Å². The number of carbonyl (C=O) groups excluding carboxylic acids is 1. The molecular formula is C12H15Br2NO3. The first-order chi connectivity index (χ1) is 8.49. The van der Waals surface area contributed by atoms with Gasteiger partial charge in [0.15, 0.2) is 6.61 Å². The number of halogens is 2. The van der Waals surface area contributed by atoms with Gasteiger partial charge in [0.05, 0.1) is 15.6 Å². The molecule has 0 atom stereocenters. The van der Waals surface area contributed by atoms with Crippen LogP contribution in [-0.2, 0) is 11.4 Å². The second-order valence-electron chi connectivity index (χ2n) is 3.74. The Morgan fingerprint density at radius 1 is 1.39 bits per heavy atom. The fraction of sp³-hybridized carbons (Fsp3) is 0.417. The maximum Gasteiger partial charge on any atom is 0.260 e. The second kappa shape index (κ2) is 7.11. The van der Waals surface area contributed by atoms with Gasteiger partial charge in [-0.1, -0.05) is 0 Å². The lowest BCUT2D eigenvalue weighted by atomic mass is 10.2. The van der Waals surface area contributed by atoms with E-state index in [9.17, 15) is 4.79 Å². The van der Waals surface area contributed by atoms with Gasteiger partial charge in [0.25, 0.3) is 5.91 Å². The summed E-state index contributed by atoms with van der Waals surface area (Å²) in [4.78, 5) is 13.2. The van der Waals surface area contributed by atoms with Crippen LogP contribution in [0.3, 0.4) is 0 Å². The lowest BCUT2D eigenvalue weighted by Gasteiger charge is -2.16. The van der Waals surface area contributed by atoms with Crippen molar-refractivity contribution in [2.45, 2.75) is 13.5 Å². The van der Waals surface area contributed by atoms with E-state index >= 15 is 0 Å². The summed E-state index contributed by atoms with van der Waals surface area (Å²) in [6, 6.07) is 3.52. The van der Waals surface area contributed by atoms with E-state index in [-0.39, 0.29) is 19.1 Å². The molecule has 6 heteroatoms. The van der Waals surface area contributed by atoms with Crippen molar-refractivity contribution in [3.63, 3.8) is 0 Å². The number of benzene rings is 1. The van der Waals surface area contributed by atoms with Crippen LogP contribution in [0.2, 0.25) is 0 Å². The van der Waals surface area contributed by atoms with E-state index in [0.29, 0.717) is 21.2 Å². The quantitative estimate of drug-likeness (QED) is 0.853. The molecule has 1 N–H and O–H groups in total. The van der Waals surface area contributed by atoms with E-state index < -0.39 is 0 Å². The maximum absolute atomic E-state index is 11.6. The Bertz CT molecular complexity index is 414. The van der Waals surface area contributed by atoms with Gasteiger partial charge in [-0.15, -0.1) is 0 Å². The number of likely N-dealkylation sites (N-methyl/N-ethyl adjacent to an activating group) is 1. The molecule has 0 aliphatic carbocycles. The first kappa shape index (κ1) is 15.5. The smallest absolute Gasteiger partial charge is 0.260 e. The summed E-state index contributed by atoms with van der Waals surface area (Å²) < 4.78 is 6.89. The van der Waals surface area contributed by atoms with Crippen LogP contribution in [0.1, 0.15) is 12.5 Å². The molecule has 0 aliphatic heterocycles. The molecule has 18 heavy (non-hydrogen) atoms. The van der Waals surface area contributed by atoms with Crippen molar-refractivity contribution in [2.24, 2.45) is 0 Å². The average molecular weight is 381 g/mol. The highest BCUT2D eigenvalue weighted by Gasteiger charge is 2.12. The van der Waals surface area contributed by atoms with Gasteiger partial charge in [-0.05, 0) is 56.5 Å². The first-order valence-corrected chi connectivity index (χ1v) is 7.03. The van der Waals surface area contributed by atoms with Gasteiger partial charge < -0.3 is 14.7 Å². The zero-order valence-corrected chi connectivity index (χ0v) is 13.4. The van der Waals surface area contributed by atoms with Crippen molar-refractivity contribution < 1.29 is 14.6 Å². The Labute approximate surface area is 123 Å². The van der Waals surface area contributed by atoms with Crippen LogP contribution in [0.5, 0.6) is 5.75 Å². The SMILES string of the molecule is CCN(C)C(=O)COc1c(Br)cc(CO)cc1Br. The highest BCUT2D eigenvalue weighted by Crippen LogP contribution is 2.34. The van der Waals surface area contributed by atoms with Gasteiger partial charge >= 0.3 is 0 Å². The molecule has 0 radical (unpaired) electrons. The predicted molar refractivity (Wildman–Crippen MR) is 76.6 cm³/mol. The second-order valence-corrected chi connectivity index (χ2v) is 5.45. The first-order valence-electron chi connectivity index (χ1n) is 5.45. The highest BCUT2D eigenvalue weighted by molar-refractivity contribution is 9.11. The van der Waals surface area contributed by atoms with Crippen LogP contribution in [0.15, 0.2) is 21.1 Å². The summed E-state index contributed by atoms with van der Waals surface area (Å²) in [5.41, 5.74) is 0.762. The molecule has 100 valence electrons. The van der Waals surface area contributed by atoms with E-state index in [1.807, 2.05) is 6.92 Å². The normalized spacial score (nSPS) is 10.3. The van der Waals surface area contributed by atoms with Gasteiger partial charge in [0.2, 0.25) is 0 Å². The molecule has 1 rings (SSSR count). The van der Waals surface area contributed by atoms with Gasteiger partial charge in [0.1, 0.15) is 5.75 Å². The molecular weight excluding hydrogens is 366 g/mol. The summed E-state index contributed by atoms with van der Waals surface area (Å²) in [7, 11) is 1.73. The maximum atomic E-state index is 11.6. The number of carbonyl (C=O) groups is 1. The Hall–Kier alpha value is -0.590. The Kier molecular flexibility index (Phi) is 6.11. The van der Waals surface area contributed by atoms with E-state index in [1.165, 1.54) is 0 Å². The standard InChI is InChI=1S/C12H15Br2NO3/c1-3-15(2)11(17)7-18-12-9(13)4-8(6-16)5-10(12)14/h4-5,16H,3,6-7H2,1-2H3. The minimum absolute atomic E-state index is 0.0139. The van der Waals surface area contributed by atoms with E-state index in [1.54, 1.807) is 24.1 Å². The van der Waals surface area contributed by atoms with Gasteiger partial charge in [-0.3, -0.25) is 4.79 Å². The molecule has 0 unspecified atom stereocenters. The van der Waals surface area contributed by atoms with Crippen LogP contribution in [0.4, 0.5) is 0 Å². The van der Waals surface area contributed by atoms with Gasteiger partial charge in [-0.2, -0.15) is 0 Å². The molecule has 0 spiro atoms. The number of ether oxygens (including phenoxy) is 1. The fourth-order valence-electron chi connectivity index (χ4n) is 1.26. The van der Waals surface area contributed by atoms with Gasteiger partial charge in [0, 0.05) is 13.6 Å². The van der Waals surface area contributed by atoms with Crippen molar-refractivity contribution in [3.05, 3.63) is 26.6 Å². The highest BCUT2D eigenvalue weighted by atomic mass is 79.9. The fourth-order valence-corrected chi connectivity index (χ4v) is 2.77. The number of amides is 1. The summed E-state index contributed by atoms with van der Waals surface area (Å²) >= 11 is 6.70. The molecule has 0 aliphatic rings. The number of hydrogen-bond acceptors (Lipinski definition) is 3. The van der Waals surface area contributed by atoms with E-state index in [2.05, 4.69) is 31.9 Å². The zero-order chi connectivity index (χ0) is 13.7. The van der Waals surface area contributed by atoms with Crippen molar-refractivity contribution in [3.8, 4) is 5.75 Å². The van der Waals surface area contributed by atoms with E-state index in [4.69, 9.17) is 9.84 Å². The Morgan fingerprint density at radius 2 is 1.94 bits per heavy atom. The molecule has 1 aromatic rings. The van der Waals surface area contributed by atoms with Crippen LogP contribution in [0.25, 0.3) is 0 Å². The molecule has 4 nitrogen and oxygen atoms in total. The third kappa shape index (κ3) is 3.96. The van der Waals surface area contributed by atoms with Crippen LogP contribution >= 0.6 is 31.9 Å². The molecule has 0 saturated carbocycles. The Morgan fingerprint density at radius 3 is 2.39 bits per heavy atom. The zero-order valence-electron chi connectivity index (χ0n) is 10.2. The number of nitrogens with zero attached hydrogens (tertiary/aromatic N) is 1. The number of rotatable bonds is 5. The lowest BCUT2D eigenvalue weighted by molar-refractivity contribution is -0.131. The van der Waals surface area contributed by atoms with Crippen molar-refractivity contribution in [1.82, 2.24) is 4.90 Å². The number of aliphatic hydroxyl groups is 1. The van der Waals surface area contributed by atoms with Gasteiger partial charge in [-0.25, -0.2) is 0 Å². The topological polar surface area (TPSA) is 49.8 Å².